The standard InChI is InChI=1S/C16H17Cl2N3O.ClH/c1-20-10-13(18)8-14(20)16(22)21-6-5-19-9-15(21)11-3-2-4-12(17)7-11;/h2-4,7-8,10,15,19H,5-6,9H2,1H3;1H. The number of nitrogens with one attached hydrogen (secondary N) is 1. The van der Waals surface area contributed by atoms with Gasteiger partial charge < -0.3 is 14.8 Å². The fourth-order valence-corrected chi connectivity index (χ4v) is 3.29. The number of benzene rings is 1. The van der Waals surface area contributed by atoms with Crippen molar-refractivity contribution in [2.24, 2.45) is 7.05 Å². The fourth-order valence-electron chi connectivity index (χ4n) is 2.84. The van der Waals surface area contributed by atoms with E-state index in [-0.39, 0.29) is 24.4 Å². The second kappa shape index (κ2) is 7.58. The quantitative estimate of drug-likeness (QED) is 0.873. The molecular weight excluding hydrogens is 357 g/mol. The van der Waals surface area contributed by atoms with E-state index in [1.807, 2.05) is 36.2 Å². The minimum atomic E-state index is -0.0337. The molecule has 0 bridgehead atoms. The van der Waals surface area contributed by atoms with Gasteiger partial charge in [0.2, 0.25) is 0 Å². The molecule has 3 rings (SSSR count). The van der Waals surface area contributed by atoms with Crippen molar-refractivity contribution in [2.45, 2.75) is 6.04 Å². The van der Waals surface area contributed by atoms with E-state index in [2.05, 4.69) is 5.32 Å². The lowest BCUT2D eigenvalue weighted by atomic mass is 10.0. The van der Waals surface area contributed by atoms with Crippen LogP contribution in [0.3, 0.4) is 0 Å². The van der Waals surface area contributed by atoms with Crippen molar-refractivity contribution in [3.8, 4) is 0 Å². The molecule has 1 aromatic carbocycles. The molecule has 0 aliphatic carbocycles. The largest absolute Gasteiger partial charge is 0.345 e. The van der Waals surface area contributed by atoms with E-state index in [1.165, 1.54) is 0 Å². The number of carbonyl (C=O) groups excluding carboxylic acids is 1. The zero-order chi connectivity index (χ0) is 15.7. The van der Waals surface area contributed by atoms with Gasteiger partial charge in [0, 0.05) is 37.9 Å². The summed E-state index contributed by atoms with van der Waals surface area (Å²) in [5.41, 5.74) is 1.63. The molecule has 2 heterocycles. The molecule has 1 fully saturated rings. The Morgan fingerprint density at radius 1 is 1.26 bits per heavy atom. The van der Waals surface area contributed by atoms with E-state index < -0.39 is 0 Å². The van der Waals surface area contributed by atoms with Gasteiger partial charge in [-0.2, -0.15) is 0 Å². The van der Waals surface area contributed by atoms with Crippen molar-refractivity contribution in [3.63, 3.8) is 0 Å². The highest BCUT2D eigenvalue weighted by atomic mass is 35.5. The summed E-state index contributed by atoms with van der Waals surface area (Å²) in [4.78, 5) is 14.8. The molecule has 4 nitrogen and oxygen atoms in total. The third-order valence-corrected chi connectivity index (χ3v) is 4.37. The Kier molecular flexibility index (Phi) is 5.98. The summed E-state index contributed by atoms with van der Waals surface area (Å²) >= 11 is 12.1. The van der Waals surface area contributed by atoms with Crippen LogP contribution in [0.4, 0.5) is 0 Å². The van der Waals surface area contributed by atoms with Crippen molar-refractivity contribution in [1.29, 1.82) is 0 Å². The lowest BCUT2D eigenvalue weighted by Crippen LogP contribution is -2.49. The Hall–Kier alpha value is -1.20. The molecule has 1 atom stereocenters. The number of aryl methyl sites for hydroxylation is 1. The van der Waals surface area contributed by atoms with Crippen molar-refractivity contribution >= 4 is 41.5 Å². The Labute approximate surface area is 151 Å². The summed E-state index contributed by atoms with van der Waals surface area (Å²) in [6.45, 7) is 2.14. The van der Waals surface area contributed by atoms with Crippen LogP contribution in [0.15, 0.2) is 36.5 Å². The highest BCUT2D eigenvalue weighted by Gasteiger charge is 2.30. The summed E-state index contributed by atoms with van der Waals surface area (Å²) in [6, 6.07) is 9.34. The summed E-state index contributed by atoms with van der Waals surface area (Å²) in [5.74, 6) is -0.0131. The topological polar surface area (TPSA) is 37.3 Å². The van der Waals surface area contributed by atoms with E-state index >= 15 is 0 Å². The summed E-state index contributed by atoms with van der Waals surface area (Å²) in [5, 5.41) is 4.59. The number of piperazine rings is 1. The van der Waals surface area contributed by atoms with Crippen molar-refractivity contribution in [1.82, 2.24) is 14.8 Å². The van der Waals surface area contributed by atoms with Crippen LogP contribution < -0.4 is 5.32 Å². The van der Waals surface area contributed by atoms with E-state index in [9.17, 15) is 4.79 Å². The molecule has 124 valence electrons. The lowest BCUT2D eigenvalue weighted by Gasteiger charge is -2.36. The van der Waals surface area contributed by atoms with Gasteiger partial charge in [-0.05, 0) is 23.8 Å². The Balaban J connectivity index is 0.00000192. The third-order valence-electron chi connectivity index (χ3n) is 3.93. The summed E-state index contributed by atoms with van der Waals surface area (Å²) in [7, 11) is 1.83. The molecule has 1 aromatic heterocycles. The van der Waals surface area contributed by atoms with Crippen LogP contribution in [0, 0.1) is 0 Å². The van der Waals surface area contributed by atoms with Gasteiger partial charge >= 0.3 is 0 Å². The highest BCUT2D eigenvalue weighted by Crippen LogP contribution is 2.27. The minimum Gasteiger partial charge on any atom is -0.345 e. The van der Waals surface area contributed by atoms with Gasteiger partial charge in [-0.25, -0.2) is 0 Å². The van der Waals surface area contributed by atoms with E-state index in [0.717, 1.165) is 12.1 Å². The monoisotopic (exact) mass is 373 g/mol. The summed E-state index contributed by atoms with van der Waals surface area (Å²) in [6.07, 6.45) is 1.74. The average Bonchev–Trinajstić information content (AvgIpc) is 2.85. The predicted molar refractivity (Wildman–Crippen MR) is 95.8 cm³/mol. The zero-order valence-electron chi connectivity index (χ0n) is 12.6. The molecule has 1 amide bonds. The third kappa shape index (κ3) is 3.83. The first kappa shape index (κ1) is 18.1. The van der Waals surface area contributed by atoms with Gasteiger partial charge in [-0.1, -0.05) is 35.3 Å². The maximum Gasteiger partial charge on any atom is 0.271 e. The Bertz CT molecular complexity index is 702. The van der Waals surface area contributed by atoms with Crippen LogP contribution in [-0.4, -0.2) is 35.0 Å². The Morgan fingerprint density at radius 2 is 2.04 bits per heavy atom. The van der Waals surface area contributed by atoms with E-state index in [0.29, 0.717) is 28.8 Å². The first-order valence-corrected chi connectivity index (χ1v) is 7.91. The second-order valence-electron chi connectivity index (χ2n) is 5.43. The van der Waals surface area contributed by atoms with Crippen molar-refractivity contribution in [2.75, 3.05) is 19.6 Å². The molecule has 0 spiro atoms. The number of carbonyl (C=O) groups is 1. The number of rotatable bonds is 2. The van der Waals surface area contributed by atoms with Gasteiger partial charge in [0.05, 0.1) is 11.1 Å². The van der Waals surface area contributed by atoms with Crippen LogP contribution in [0.2, 0.25) is 10.0 Å². The number of hydrogen-bond donors (Lipinski definition) is 1. The minimum absolute atomic E-state index is 0. The maximum absolute atomic E-state index is 12.9. The lowest BCUT2D eigenvalue weighted by molar-refractivity contribution is 0.0624. The number of hydrogen-bond acceptors (Lipinski definition) is 2. The van der Waals surface area contributed by atoms with Gasteiger partial charge in [0.1, 0.15) is 5.69 Å². The average molecular weight is 375 g/mol. The number of nitrogens with zero attached hydrogens (tertiary/aromatic N) is 2. The molecule has 23 heavy (non-hydrogen) atoms. The van der Waals surface area contributed by atoms with E-state index in [1.54, 1.807) is 16.8 Å². The molecule has 0 saturated carbocycles. The van der Waals surface area contributed by atoms with Gasteiger partial charge in [-0.15, -0.1) is 12.4 Å². The van der Waals surface area contributed by atoms with Gasteiger partial charge in [0.25, 0.3) is 5.91 Å². The highest BCUT2D eigenvalue weighted by molar-refractivity contribution is 6.31. The zero-order valence-corrected chi connectivity index (χ0v) is 15.0. The van der Waals surface area contributed by atoms with Crippen LogP contribution in [0.1, 0.15) is 22.1 Å². The van der Waals surface area contributed by atoms with Crippen molar-refractivity contribution in [3.05, 3.63) is 57.8 Å². The maximum atomic E-state index is 12.9. The van der Waals surface area contributed by atoms with Crippen LogP contribution in [-0.2, 0) is 7.05 Å². The van der Waals surface area contributed by atoms with Crippen LogP contribution in [0.5, 0.6) is 0 Å². The molecule has 2 aromatic rings. The number of halogens is 3. The molecule has 1 saturated heterocycles. The summed E-state index contributed by atoms with van der Waals surface area (Å²) < 4.78 is 1.77. The second-order valence-corrected chi connectivity index (χ2v) is 6.30. The predicted octanol–water partition coefficient (Wildman–Crippen LogP) is 3.54. The van der Waals surface area contributed by atoms with Crippen LogP contribution in [0.25, 0.3) is 0 Å². The van der Waals surface area contributed by atoms with Crippen molar-refractivity contribution < 1.29 is 4.79 Å². The van der Waals surface area contributed by atoms with E-state index in [4.69, 9.17) is 23.2 Å². The molecular formula is C16H18Cl3N3O. The van der Waals surface area contributed by atoms with Crippen LogP contribution >= 0.6 is 35.6 Å². The number of aromatic nitrogens is 1. The smallest absolute Gasteiger partial charge is 0.271 e. The van der Waals surface area contributed by atoms with Gasteiger partial charge in [-0.3, -0.25) is 4.79 Å². The first-order chi connectivity index (χ1) is 10.6. The molecule has 1 N–H and O–H groups in total. The molecule has 1 aliphatic rings. The normalized spacial score (nSPS) is 17.7. The fraction of sp³-hybridized carbons (Fsp3) is 0.312. The first-order valence-electron chi connectivity index (χ1n) is 7.15. The molecule has 7 heteroatoms. The molecule has 1 unspecified atom stereocenters. The molecule has 0 radical (unpaired) electrons. The Morgan fingerprint density at radius 3 is 2.70 bits per heavy atom. The SMILES string of the molecule is Cl.Cn1cc(Cl)cc1C(=O)N1CCNCC1c1cccc(Cl)c1. The molecule has 1 aliphatic heterocycles. The van der Waals surface area contributed by atoms with Gasteiger partial charge in [0.15, 0.2) is 0 Å². The number of amides is 1.